The molecule has 4 aliphatic rings. The number of halogens is 2. The Bertz CT molecular complexity index is 840. The number of likely N-dealkylation sites (N-methyl/N-ethyl adjacent to an activating group) is 1. The predicted molar refractivity (Wildman–Crippen MR) is 156 cm³/mol. The maximum Gasteiger partial charge on any atom is 0.237 e. The molecule has 6 atom stereocenters. The molecule has 3 aliphatic heterocycles. The third-order valence-corrected chi connectivity index (χ3v) is 9.90. The van der Waals surface area contributed by atoms with E-state index in [0.717, 1.165) is 32.4 Å². The molecular formula is C29H54F2N8O2. The summed E-state index contributed by atoms with van der Waals surface area (Å²) in [5, 5.41) is 9.30. The Hall–Kier alpha value is -1.44. The Labute approximate surface area is 244 Å². The van der Waals surface area contributed by atoms with Crippen molar-refractivity contribution in [2.75, 3.05) is 59.4 Å². The van der Waals surface area contributed by atoms with Gasteiger partial charge in [-0.25, -0.2) is 8.78 Å². The highest BCUT2D eigenvalue weighted by molar-refractivity contribution is 5.80. The van der Waals surface area contributed by atoms with Crippen LogP contribution in [0.15, 0.2) is 0 Å². The molecule has 0 aromatic rings. The van der Waals surface area contributed by atoms with E-state index in [1.165, 1.54) is 25.7 Å². The van der Waals surface area contributed by atoms with Crippen LogP contribution < -0.4 is 27.4 Å². The number of rotatable bonds is 12. The van der Waals surface area contributed by atoms with Crippen LogP contribution in [-0.4, -0.2) is 129 Å². The molecule has 1 saturated carbocycles. The number of carbonyl (C=O) groups excluding carboxylic acids is 2. The lowest BCUT2D eigenvalue weighted by atomic mass is 9.91. The normalized spacial score (nSPS) is 30.1. The molecule has 0 aromatic carbocycles. The Morgan fingerprint density at radius 3 is 2.46 bits per heavy atom. The van der Waals surface area contributed by atoms with Crippen LogP contribution in [0.1, 0.15) is 58.3 Å². The summed E-state index contributed by atoms with van der Waals surface area (Å²) in [5.41, 5.74) is 12.1. The van der Waals surface area contributed by atoms with Gasteiger partial charge in [0.25, 0.3) is 0 Å². The number of carbonyl (C=O) groups is 2. The van der Waals surface area contributed by atoms with Gasteiger partial charge >= 0.3 is 0 Å². The summed E-state index contributed by atoms with van der Waals surface area (Å²) in [4.78, 5) is 32.2. The lowest BCUT2D eigenvalue weighted by Crippen LogP contribution is -2.68. The van der Waals surface area contributed by atoms with Crippen molar-refractivity contribution < 1.29 is 18.4 Å². The number of nitrogens with two attached hydrogens (primary N) is 2. The summed E-state index contributed by atoms with van der Waals surface area (Å²) in [6, 6.07) is -1.20. The maximum atomic E-state index is 15.4. The molecule has 0 spiro atoms. The average molecular weight is 585 g/mol. The van der Waals surface area contributed by atoms with E-state index in [2.05, 4.69) is 20.9 Å². The van der Waals surface area contributed by atoms with Crippen LogP contribution in [0.3, 0.4) is 0 Å². The molecule has 3 heterocycles. The number of alkyl halides is 2. The number of amides is 2. The summed E-state index contributed by atoms with van der Waals surface area (Å²) < 4.78 is 30.0. The molecule has 0 aromatic heterocycles. The first kappa shape index (κ1) is 32.5. The van der Waals surface area contributed by atoms with Gasteiger partial charge in [-0.05, 0) is 45.6 Å². The highest BCUT2D eigenvalue weighted by Crippen LogP contribution is 2.29. The molecule has 4 rings (SSSR count). The molecule has 12 heteroatoms. The molecule has 10 nitrogen and oxygen atoms in total. The number of hydrogen-bond acceptors (Lipinski definition) is 8. The summed E-state index contributed by atoms with van der Waals surface area (Å²) in [5.74, 6) is -0.331. The fourth-order valence-corrected chi connectivity index (χ4v) is 7.45. The van der Waals surface area contributed by atoms with E-state index < -0.39 is 42.6 Å². The third-order valence-electron chi connectivity index (χ3n) is 9.90. The summed E-state index contributed by atoms with van der Waals surface area (Å²) >= 11 is 0. The second-order valence-corrected chi connectivity index (χ2v) is 13.0. The van der Waals surface area contributed by atoms with E-state index in [4.69, 9.17) is 11.5 Å². The van der Waals surface area contributed by atoms with Crippen LogP contribution in [-0.2, 0) is 9.59 Å². The summed E-state index contributed by atoms with van der Waals surface area (Å²) in [7, 11) is 1.96. The Kier molecular flexibility index (Phi) is 12.1. The molecule has 41 heavy (non-hydrogen) atoms. The second kappa shape index (κ2) is 15.3. The van der Waals surface area contributed by atoms with Crippen LogP contribution in [0, 0.1) is 11.8 Å². The molecule has 0 bridgehead atoms. The van der Waals surface area contributed by atoms with E-state index in [-0.39, 0.29) is 30.9 Å². The standard InChI is InChI=1S/C29H54F2N8O2/c1-19(35-15-21(30)8-7-20-5-3-4-6-20)26(28(32)33)29(41)36-24-17-34-16-23(31)27(24)38-11-9-22(10-12-38)39-14-13-37(2)18-25(39)40/h19-24,26-28,34-35H,3-18,32-33H2,1-2H3,(H,36,41). The molecule has 3 saturated heterocycles. The minimum absolute atomic E-state index is 0.148. The van der Waals surface area contributed by atoms with Crippen LogP contribution in [0.2, 0.25) is 0 Å². The minimum atomic E-state index is -1.15. The van der Waals surface area contributed by atoms with Crippen molar-refractivity contribution in [2.45, 2.75) is 101 Å². The number of piperazine rings is 1. The zero-order valence-electron chi connectivity index (χ0n) is 25.1. The summed E-state index contributed by atoms with van der Waals surface area (Å²) in [6.07, 6.45) is 4.81. The van der Waals surface area contributed by atoms with E-state index in [9.17, 15) is 14.0 Å². The van der Waals surface area contributed by atoms with Crippen molar-refractivity contribution in [3.8, 4) is 0 Å². The molecule has 4 fully saturated rings. The van der Waals surface area contributed by atoms with E-state index >= 15 is 4.39 Å². The smallest absolute Gasteiger partial charge is 0.237 e. The predicted octanol–water partition coefficient (Wildman–Crippen LogP) is 0.166. The van der Waals surface area contributed by atoms with Gasteiger partial charge < -0.3 is 32.3 Å². The maximum absolute atomic E-state index is 15.4. The molecule has 0 radical (unpaired) electrons. The van der Waals surface area contributed by atoms with Gasteiger partial charge in [-0.15, -0.1) is 0 Å². The van der Waals surface area contributed by atoms with Gasteiger partial charge in [0, 0.05) is 57.9 Å². The number of hydrogen-bond donors (Lipinski definition) is 5. The van der Waals surface area contributed by atoms with Gasteiger partial charge in [-0.2, -0.15) is 0 Å². The Morgan fingerprint density at radius 1 is 1.10 bits per heavy atom. The van der Waals surface area contributed by atoms with Crippen LogP contribution in [0.25, 0.3) is 0 Å². The molecule has 236 valence electrons. The number of nitrogens with one attached hydrogen (secondary N) is 3. The quantitative estimate of drug-likeness (QED) is 0.205. The molecule has 6 unspecified atom stereocenters. The molecular weight excluding hydrogens is 530 g/mol. The number of nitrogens with zero attached hydrogens (tertiary/aromatic N) is 3. The number of piperidine rings is 2. The molecule has 1 aliphatic carbocycles. The molecule has 7 N–H and O–H groups in total. The van der Waals surface area contributed by atoms with Crippen LogP contribution >= 0.6 is 0 Å². The first-order valence-electron chi connectivity index (χ1n) is 15.9. The first-order valence-corrected chi connectivity index (χ1v) is 15.9. The van der Waals surface area contributed by atoms with Gasteiger partial charge in [-0.1, -0.05) is 25.7 Å². The van der Waals surface area contributed by atoms with Gasteiger partial charge in [0.2, 0.25) is 11.8 Å². The van der Waals surface area contributed by atoms with Crippen LogP contribution in [0.4, 0.5) is 8.78 Å². The van der Waals surface area contributed by atoms with Crippen molar-refractivity contribution in [1.29, 1.82) is 0 Å². The highest BCUT2D eigenvalue weighted by atomic mass is 19.1. The van der Waals surface area contributed by atoms with Gasteiger partial charge in [0.05, 0.1) is 30.7 Å². The van der Waals surface area contributed by atoms with E-state index in [1.807, 2.05) is 16.8 Å². The average Bonchev–Trinajstić information content (AvgIpc) is 3.45. The third kappa shape index (κ3) is 8.79. The zero-order valence-corrected chi connectivity index (χ0v) is 25.1. The fraction of sp³-hybridized carbons (Fsp3) is 0.931. The lowest BCUT2D eigenvalue weighted by molar-refractivity contribution is -0.139. The fourth-order valence-electron chi connectivity index (χ4n) is 7.45. The monoisotopic (exact) mass is 584 g/mol. The van der Waals surface area contributed by atoms with Crippen molar-refractivity contribution >= 4 is 11.8 Å². The van der Waals surface area contributed by atoms with Crippen molar-refractivity contribution in [1.82, 2.24) is 30.7 Å². The summed E-state index contributed by atoms with van der Waals surface area (Å²) in [6.45, 7) is 5.99. The van der Waals surface area contributed by atoms with E-state index in [1.54, 1.807) is 6.92 Å². The van der Waals surface area contributed by atoms with Crippen molar-refractivity contribution in [3.05, 3.63) is 0 Å². The Balaban J connectivity index is 1.29. The number of likely N-dealkylation sites (tertiary alicyclic amines) is 1. The van der Waals surface area contributed by atoms with Gasteiger partial charge in [0.15, 0.2) is 0 Å². The van der Waals surface area contributed by atoms with E-state index in [0.29, 0.717) is 38.5 Å². The highest BCUT2D eigenvalue weighted by Gasteiger charge is 2.42. The Morgan fingerprint density at radius 2 is 1.80 bits per heavy atom. The molecule has 2 amide bonds. The van der Waals surface area contributed by atoms with Gasteiger partial charge in [0.1, 0.15) is 12.3 Å². The SMILES string of the molecule is CC(NCC(F)CCC1CCCC1)C(C(=O)NC1CNCC(F)C1N1CCC(N2CCN(C)CC2=O)CC1)C(N)N. The first-order chi connectivity index (χ1) is 19.6. The topological polar surface area (TPSA) is 132 Å². The minimum Gasteiger partial charge on any atom is -0.350 e. The lowest BCUT2D eigenvalue weighted by Gasteiger charge is -2.47. The van der Waals surface area contributed by atoms with Crippen LogP contribution in [0.5, 0.6) is 0 Å². The largest absolute Gasteiger partial charge is 0.350 e. The van der Waals surface area contributed by atoms with Gasteiger partial charge in [-0.3, -0.25) is 19.4 Å². The second-order valence-electron chi connectivity index (χ2n) is 13.0. The van der Waals surface area contributed by atoms with Crippen molar-refractivity contribution in [3.63, 3.8) is 0 Å². The zero-order chi connectivity index (χ0) is 29.5. The van der Waals surface area contributed by atoms with Crippen molar-refractivity contribution in [2.24, 2.45) is 23.3 Å².